The van der Waals surface area contributed by atoms with Crippen LogP contribution in [0.5, 0.6) is 0 Å². The van der Waals surface area contributed by atoms with Crippen molar-refractivity contribution in [2.24, 2.45) is 11.7 Å². The summed E-state index contributed by atoms with van der Waals surface area (Å²) in [6.45, 7) is 6.52. The maximum Gasteiger partial charge on any atom is 0.263 e. The van der Waals surface area contributed by atoms with Gasteiger partial charge in [0.2, 0.25) is 0 Å². The molecule has 0 aliphatic rings. The van der Waals surface area contributed by atoms with Crippen LogP contribution in [0.15, 0.2) is 77.9 Å². The van der Waals surface area contributed by atoms with Gasteiger partial charge in [-0.1, -0.05) is 55.0 Å². The summed E-state index contributed by atoms with van der Waals surface area (Å²) in [6, 6.07) is 19.5. The first-order valence-electron chi connectivity index (χ1n) is 13.4. The second-order valence-electron chi connectivity index (χ2n) is 10.1. The van der Waals surface area contributed by atoms with Crippen LogP contribution in [0.4, 0.5) is 0 Å². The topological polar surface area (TPSA) is 94.1 Å². The molecule has 198 valence electrons. The smallest absolute Gasteiger partial charge is 0.263 e. The quantitative estimate of drug-likeness (QED) is 0.300. The van der Waals surface area contributed by atoms with E-state index in [0.29, 0.717) is 55.0 Å². The maximum absolute atomic E-state index is 13.4. The molecule has 2 N–H and O–H groups in total. The molecule has 0 fully saturated rings. The average molecular weight is 512 g/mol. The molecule has 1 unspecified atom stereocenters. The maximum atomic E-state index is 13.4. The van der Waals surface area contributed by atoms with Crippen LogP contribution >= 0.6 is 0 Å². The van der Waals surface area contributed by atoms with Crippen molar-refractivity contribution >= 4 is 16.8 Å². The van der Waals surface area contributed by atoms with Gasteiger partial charge in [0.15, 0.2) is 0 Å². The molecular weight excluding hydrogens is 474 g/mol. The molecule has 0 spiro atoms. The number of nitrogens with zero attached hydrogens (tertiary/aromatic N) is 4. The van der Waals surface area contributed by atoms with Crippen molar-refractivity contribution in [3.63, 3.8) is 0 Å². The van der Waals surface area contributed by atoms with E-state index < -0.39 is 0 Å². The van der Waals surface area contributed by atoms with E-state index in [1.165, 1.54) is 0 Å². The summed E-state index contributed by atoms with van der Waals surface area (Å²) < 4.78 is 1.78. The summed E-state index contributed by atoms with van der Waals surface area (Å²) >= 11 is 0. The average Bonchev–Trinajstić information content (AvgIpc) is 2.93. The monoisotopic (exact) mass is 511 g/mol. The number of hydrogen-bond donors (Lipinski definition) is 1. The van der Waals surface area contributed by atoms with Crippen LogP contribution in [0.1, 0.15) is 53.5 Å². The van der Waals surface area contributed by atoms with Gasteiger partial charge >= 0.3 is 0 Å². The zero-order valence-electron chi connectivity index (χ0n) is 22.3. The number of amides is 1. The van der Waals surface area contributed by atoms with Gasteiger partial charge in [-0.3, -0.25) is 19.1 Å². The predicted molar refractivity (Wildman–Crippen MR) is 152 cm³/mol. The van der Waals surface area contributed by atoms with Gasteiger partial charge in [0.05, 0.1) is 17.4 Å². The lowest BCUT2D eigenvalue weighted by atomic mass is 10.0. The lowest BCUT2D eigenvalue weighted by Crippen LogP contribution is -2.36. The molecule has 2 aromatic heterocycles. The molecular formula is C31H37N5O2. The molecule has 7 heteroatoms. The Kier molecular flexibility index (Phi) is 9.38. The predicted octanol–water partition coefficient (Wildman–Crippen LogP) is 4.60. The van der Waals surface area contributed by atoms with E-state index in [1.807, 2.05) is 66.4 Å². The largest absolute Gasteiger partial charge is 0.338 e. The molecule has 0 aliphatic heterocycles. The highest BCUT2D eigenvalue weighted by molar-refractivity contribution is 5.94. The minimum absolute atomic E-state index is 0.0480. The minimum Gasteiger partial charge on any atom is -0.338 e. The van der Waals surface area contributed by atoms with E-state index >= 15 is 0 Å². The molecule has 0 saturated heterocycles. The third-order valence-corrected chi connectivity index (χ3v) is 6.87. The van der Waals surface area contributed by atoms with Crippen molar-refractivity contribution in [2.75, 3.05) is 19.6 Å². The lowest BCUT2D eigenvalue weighted by Gasteiger charge is -2.26. The van der Waals surface area contributed by atoms with Crippen LogP contribution in [0.25, 0.3) is 10.9 Å². The van der Waals surface area contributed by atoms with Crippen molar-refractivity contribution in [3.05, 3.63) is 106 Å². The first-order valence-corrected chi connectivity index (χ1v) is 13.4. The van der Waals surface area contributed by atoms with Gasteiger partial charge in [0.1, 0.15) is 5.82 Å². The number of fused-ring (bicyclic) bond motifs is 1. The van der Waals surface area contributed by atoms with E-state index in [4.69, 9.17) is 10.7 Å². The van der Waals surface area contributed by atoms with Gasteiger partial charge in [0.25, 0.3) is 11.5 Å². The van der Waals surface area contributed by atoms with Crippen molar-refractivity contribution < 1.29 is 4.79 Å². The highest BCUT2D eigenvalue weighted by Gasteiger charge is 2.19. The molecule has 7 nitrogen and oxygen atoms in total. The first kappa shape index (κ1) is 27.2. The number of aryl methyl sites for hydroxylation is 2. The van der Waals surface area contributed by atoms with Crippen molar-refractivity contribution in [3.8, 4) is 0 Å². The molecule has 2 heterocycles. The fraction of sp³-hybridized carbons (Fsp3) is 0.355. The van der Waals surface area contributed by atoms with Gasteiger partial charge < -0.3 is 10.6 Å². The molecule has 4 rings (SSSR count). The third-order valence-electron chi connectivity index (χ3n) is 6.87. The van der Waals surface area contributed by atoms with E-state index in [9.17, 15) is 9.59 Å². The number of rotatable bonds is 12. The fourth-order valence-corrected chi connectivity index (χ4v) is 4.74. The van der Waals surface area contributed by atoms with Crippen molar-refractivity contribution in [2.45, 2.75) is 46.1 Å². The van der Waals surface area contributed by atoms with Gasteiger partial charge in [-0.25, -0.2) is 4.98 Å². The molecule has 0 saturated carbocycles. The molecule has 0 bridgehead atoms. The van der Waals surface area contributed by atoms with Crippen LogP contribution < -0.4 is 11.3 Å². The number of pyridine rings is 1. The molecule has 38 heavy (non-hydrogen) atoms. The minimum atomic E-state index is -0.0633. The second-order valence-corrected chi connectivity index (χ2v) is 10.1. The molecule has 2 aromatic carbocycles. The summed E-state index contributed by atoms with van der Waals surface area (Å²) in [5, 5.41) is 0.533. The van der Waals surface area contributed by atoms with E-state index in [-0.39, 0.29) is 11.5 Å². The van der Waals surface area contributed by atoms with Crippen molar-refractivity contribution in [1.29, 1.82) is 0 Å². The number of nitrogens with two attached hydrogens (primary N) is 1. The molecule has 0 radical (unpaired) electrons. The molecule has 0 aliphatic carbocycles. The fourth-order valence-electron chi connectivity index (χ4n) is 4.74. The summed E-state index contributed by atoms with van der Waals surface area (Å²) in [5.41, 5.74) is 9.26. The summed E-state index contributed by atoms with van der Waals surface area (Å²) in [4.78, 5) is 37.5. The number of carbonyl (C=O) groups excluding carboxylic acids is 1. The zero-order chi connectivity index (χ0) is 26.9. The second kappa shape index (κ2) is 13.1. The Labute approximate surface area is 224 Å². The van der Waals surface area contributed by atoms with Crippen LogP contribution in [0.2, 0.25) is 0 Å². The standard InChI is InChI=1S/C31H37N5O2/c1-23-12-14-26(15-13-23)30(37)35(19-7-17-32)21-24(2)8-6-11-29-34-28-16-18-33-20-27(28)31(38)36(29)22-25-9-4-3-5-10-25/h3-5,9-10,12-16,18,20,24H,6-8,11,17,19,21-22,32H2,1-2H3. The Morgan fingerprint density at radius 1 is 1.05 bits per heavy atom. The van der Waals surface area contributed by atoms with Gasteiger partial charge in [-0.05, 0) is 62.4 Å². The summed E-state index contributed by atoms with van der Waals surface area (Å²) in [5.74, 6) is 1.12. The van der Waals surface area contributed by atoms with Crippen LogP contribution in [-0.4, -0.2) is 45.0 Å². The third kappa shape index (κ3) is 6.92. The highest BCUT2D eigenvalue weighted by atomic mass is 16.2. The SMILES string of the molecule is Cc1ccc(C(=O)N(CCCN)CC(C)CCCc2nc3ccncc3c(=O)n2Cc2ccccc2)cc1. The summed E-state index contributed by atoms with van der Waals surface area (Å²) in [7, 11) is 0. The van der Waals surface area contributed by atoms with Crippen molar-refractivity contribution in [1.82, 2.24) is 19.4 Å². The Morgan fingerprint density at radius 2 is 1.82 bits per heavy atom. The van der Waals surface area contributed by atoms with E-state index in [1.54, 1.807) is 23.0 Å². The van der Waals surface area contributed by atoms with E-state index in [2.05, 4.69) is 11.9 Å². The first-order chi connectivity index (χ1) is 18.5. The molecule has 4 aromatic rings. The van der Waals surface area contributed by atoms with Crippen LogP contribution in [-0.2, 0) is 13.0 Å². The normalized spacial score (nSPS) is 12.0. The lowest BCUT2D eigenvalue weighted by molar-refractivity contribution is 0.0728. The summed E-state index contributed by atoms with van der Waals surface area (Å²) in [6.07, 6.45) is 6.49. The van der Waals surface area contributed by atoms with Gasteiger partial charge in [0, 0.05) is 37.5 Å². The van der Waals surface area contributed by atoms with Gasteiger partial charge in [-0.15, -0.1) is 0 Å². The number of aromatic nitrogens is 3. The Hall–Kier alpha value is -3.84. The Morgan fingerprint density at radius 3 is 2.55 bits per heavy atom. The number of carbonyl (C=O) groups is 1. The van der Waals surface area contributed by atoms with Crippen LogP contribution in [0.3, 0.4) is 0 Å². The van der Waals surface area contributed by atoms with Crippen LogP contribution in [0, 0.1) is 12.8 Å². The van der Waals surface area contributed by atoms with E-state index in [0.717, 1.165) is 36.2 Å². The number of benzene rings is 2. The highest BCUT2D eigenvalue weighted by Crippen LogP contribution is 2.16. The molecule has 1 atom stereocenters. The Bertz CT molecular complexity index is 1400. The molecule has 1 amide bonds. The van der Waals surface area contributed by atoms with Gasteiger partial charge in [-0.2, -0.15) is 0 Å². The number of hydrogen-bond acceptors (Lipinski definition) is 5. The zero-order valence-corrected chi connectivity index (χ0v) is 22.3. The Balaban J connectivity index is 1.46.